The Morgan fingerprint density at radius 3 is 2.32 bits per heavy atom. The monoisotopic (exact) mass is 588 g/mol. The summed E-state index contributed by atoms with van der Waals surface area (Å²) in [6.45, 7) is 0. The van der Waals surface area contributed by atoms with E-state index >= 15 is 4.39 Å². The van der Waals surface area contributed by atoms with Gasteiger partial charge >= 0.3 is 0 Å². The third kappa shape index (κ3) is 3.61. The average molecular weight is 589 g/mol. The van der Waals surface area contributed by atoms with Gasteiger partial charge in [0.1, 0.15) is 11.6 Å². The maximum Gasteiger partial charge on any atom is 0.151 e. The van der Waals surface area contributed by atoms with Gasteiger partial charge in [-0.25, -0.2) is 14.4 Å². The number of nitrogens with zero attached hydrogens (tertiary/aromatic N) is 4. The molecule has 1 unspecified atom stereocenters. The van der Waals surface area contributed by atoms with Gasteiger partial charge in [0, 0.05) is 55.3 Å². The Morgan fingerprint density at radius 1 is 0.705 bits per heavy atom. The molecular formula is C38H25FN4S. The second-order valence-corrected chi connectivity index (χ2v) is 12.2. The zero-order chi connectivity index (χ0) is 29.4. The Morgan fingerprint density at radius 2 is 1.48 bits per heavy atom. The second-order valence-electron chi connectivity index (χ2n) is 11.2. The van der Waals surface area contributed by atoms with Crippen LogP contribution in [0.3, 0.4) is 0 Å². The van der Waals surface area contributed by atoms with Crippen molar-refractivity contribution in [2.75, 3.05) is 0 Å². The molecule has 4 nitrogen and oxygen atoms in total. The number of para-hydroxylation sites is 3. The van der Waals surface area contributed by atoms with Crippen LogP contribution >= 0.6 is 11.3 Å². The van der Waals surface area contributed by atoms with Crippen molar-refractivity contribution < 1.29 is 4.39 Å². The van der Waals surface area contributed by atoms with E-state index in [-0.39, 0.29) is 0 Å². The fraction of sp³-hybridized carbons (Fsp3) is 0.0526. The highest BCUT2D eigenvalue weighted by molar-refractivity contribution is 7.26. The molecule has 0 fully saturated rings. The van der Waals surface area contributed by atoms with Gasteiger partial charge in [0.2, 0.25) is 0 Å². The largest absolute Gasteiger partial charge is 0.327 e. The Balaban J connectivity index is 1.33. The SMILES string of the molecule is Cn1c(-c2cccc(C(F)c3cc4c(c5ccccc5n4-c4ccccn4)c4sc5ccccc5c34)c2)nc2ccccc21. The van der Waals surface area contributed by atoms with E-state index in [2.05, 4.69) is 57.7 Å². The topological polar surface area (TPSA) is 35.6 Å². The first kappa shape index (κ1) is 25.2. The molecule has 0 saturated heterocycles. The van der Waals surface area contributed by atoms with Gasteiger partial charge in [-0.05, 0) is 54.1 Å². The van der Waals surface area contributed by atoms with Gasteiger partial charge in [-0.3, -0.25) is 4.57 Å². The van der Waals surface area contributed by atoms with E-state index in [0.29, 0.717) is 11.1 Å². The maximum atomic E-state index is 17.3. The Bertz CT molecular complexity index is 2540. The predicted molar refractivity (Wildman–Crippen MR) is 181 cm³/mol. The van der Waals surface area contributed by atoms with Crippen LogP contribution in [0.4, 0.5) is 4.39 Å². The molecular weight excluding hydrogens is 564 g/mol. The molecule has 0 aliphatic carbocycles. The lowest BCUT2D eigenvalue weighted by Gasteiger charge is -2.15. The lowest BCUT2D eigenvalue weighted by molar-refractivity contribution is 0.405. The van der Waals surface area contributed by atoms with Crippen LogP contribution in [-0.2, 0) is 7.05 Å². The molecule has 4 heterocycles. The normalized spacial score (nSPS) is 12.7. The van der Waals surface area contributed by atoms with Gasteiger partial charge in [-0.1, -0.05) is 72.8 Å². The first-order valence-corrected chi connectivity index (χ1v) is 15.4. The number of fused-ring (bicyclic) bond motifs is 8. The molecule has 0 aliphatic heterocycles. The fourth-order valence-electron chi connectivity index (χ4n) is 6.71. The molecule has 0 saturated carbocycles. The molecule has 0 amide bonds. The quantitative estimate of drug-likeness (QED) is 0.205. The van der Waals surface area contributed by atoms with E-state index in [1.54, 1.807) is 17.5 Å². The number of hydrogen-bond acceptors (Lipinski definition) is 3. The summed E-state index contributed by atoms with van der Waals surface area (Å²) in [7, 11) is 2.01. The molecule has 1 atom stereocenters. The summed E-state index contributed by atoms with van der Waals surface area (Å²) in [6, 6.07) is 40.6. The smallest absolute Gasteiger partial charge is 0.151 e. The van der Waals surface area contributed by atoms with Crippen LogP contribution in [0.5, 0.6) is 0 Å². The van der Waals surface area contributed by atoms with Crippen LogP contribution < -0.4 is 0 Å². The van der Waals surface area contributed by atoms with E-state index in [4.69, 9.17) is 9.97 Å². The van der Waals surface area contributed by atoms with Gasteiger partial charge in [0.05, 0.1) is 22.1 Å². The van der Waals surface area contributed by atoms with Gasteiger partial charge in [0.15, 0.2) is 6.17 Å². The lowest BCUT2D eigenvalue weighted by Crippen LogP contribution is -2.00. The van der Waals surface area contributed by atoms with E-state index in [1.807, 2.05) is 79.8 Å². The minimum Gasteiger partial charge on any atom is -0.327 e. The zero-order valence-corrected chi connectivity index (χ0v) is 24.6. The number of rotatable bonds is 4. The fourth-order valence-corrected chi connectivity index (χ4v) is 8.01. The van der Waals surface area contributed by atoms with Crippen molar-refractivity contribution in [3.05, 3.63) is 139 Å². The Hall–Kier alpha value is -5.33. The maximum absolute atomic E-state index is 17.3. The van der Waals surface area contributed by atoms with Crippen molar-refractivity contribution >= 4 is 64.3 Å². The Labute approximate surface area is 256 Å². The summed E-state index contributed by atoms with van der Waals surface area (Å²) in [4.78, 5) is 9.59. The molecule has 9 rings (SSSR count). The van der Waals surface area contributed by atoms with Crippen LogP contribution in [0.15, 0.2) is 128 Å². The highest BCUT2D eigenvalue weighted by Crippen LogP contribution is 2.47. The molecule has 0 aliphatic rings. The highest BCUT2D eigenvalue weighted by atomic mass is 32.1. The first-order chi connectivity index (χ1) is 21.7. The number of aryl methyl sites for hydroxylation is 1. The molecule has 0 bridgehead atoms. The molecule has 6 heteroatoms. The molecule has 0 spiro atoms. The van der Waals surface area contributed by atoms with Gasteiger partial charge < -0.3 is 4.57 Å². The summed E-state index contributed by atoms with van der Waals surface area (Å²) in [6.07, 6.45) is 0.448. The van der Waals surface area contributed by atoms with Crippen molar-refractivity contribution in [2.45, 2.75) is 6.17 Å². The number of alkyl halides is 1. The lowest BCUT2D eigenvalue weighted by atomic mass is 9.95. The summed E-state index contributed by atoms with van der Waals surface area (Å²) >= 11 is 1.73. The molecule has 44 heavy (non-hydrogen) atoms. The van der Waals surface area contributed by atoms with Crippen molar-refractivity contribution in [3.8, 4) is 17.2 Å². The zero-order valence-electron chi connectivity index (χ0n) is 23.8. The third-order valence-corrected chi connectivity index (χ3v) is 9.88. The molecule has 0 radical (unpaired) electrons. The number of benzene rings is 5. The highest BCUT2D eigenvalue weighted by Gasteiger charge is 2.25. The number of hydrogen-bond donors (Lipinski definition) is 0. The standard InChI is InChI=1S/C38H25FN4S/c1-42-30-17-6-4-15-28(30)41-38(42)24-12-10-11-23(21-24)36(39)27-22-31-35(37-34(27)26-14-3-7-18-32(26)44-37)25-13-2-5-16-29(25)43(31)33-19-8-9-20-40-33/h2-22,36H,1H3. The number of halogens is 1. The van der Waals surface area contributed by atoms with Gasteiger partial charge in [-0.2, -0.15) is 0 Å². The summed E-state index contributed by atoms with van der Waals surface area (Å²) in [5, 5.41) is 4.32. The summed E-state index contributed by atoms with van der Waals surface area (Å²) in [5.41, 5.74) is 6.12. The second kappa shape index (κ2) is 9.59. The van der Waals surface area contributed by atoms with Gasteiger partial charge in [-0.15, -0.1) is 11.3 Å². The van der Waals surface area contributed by atoms with Crippen molar-refractivity contribution in [2.24, 2.45) is 7.05 Å². The van der Waals surface area contributed by atoms with Crippen LogP contribution in [0.2, 0.25) is 0 Å². The first-order valence-electron chi connectivity index (χ1n) is 14.6. The van der Waals surface area contributed by atoms with Crippen LogP contribution in [0, 0.1) is 0 Å². The minimum atomic E-state index is -1.36. The molecule has 210 valence electrons. The molecule has 0 N–H and O–H groups in total. The molecule has 9 aromatic rings. The number of thiophene rings is 1. The van der Waals surface area contributed by atoms with E-state index in [1.165, 1.54) is 0 Å². The van der Waals surface area contributed by atoms with E-state index < -0.39 is 6.17 Å². The summed E-state index contributed by atoms with van der Waals surface area (Å²) < 4.78 is 23.8. The molecule has 4 aromatic heterocycles. The van der Waals surface area contributed by atoms with Crippen LogP contribution in [0.1, 0.15) is 17.3 Å². The van der Waals surface area contributed by atoms with Crippen molar-refractivity contribution in [1.82, 2.24) is 19.1 Å². The minimum absolute atomic E-state index is 0.603. The Kier molecular flexibility index (Phi) is 5.49. The van der Waals surface area contributed by atoms with E-state index in [9.17, 15) is 0 Å². The van der Waals surface area contributed by atoms with Gasteiger partial charge in [0.25, 0.3) is 0 Å². The van der Waals surface area contributed by atoms with Crippen LogP contribution in [0.25, 0.3) is 70.2 Å². The molecule has 5 aromatic carbocycles. The van der Waals surface area contributed by atoms with Crippen LogP contribution in [-0.4, -0.2) is 19.1 Å². The average Bonchev–Trinajstić information content (AvgIpc) is 3.74. The van der Waals surface area contributed by atoms with Crippen molar-refractivity contribution in [1.29, 1.82) is 0 Å². The number of aromatic nitrogens is 4. The van der Waals surface area contributed by atoms with Crippen molar-refractivity contribution in [3.63, 3.8) is 0 Å². The summed E-state index contributed by atoms with van der Waals surface area (Å²) in [5.74, 6) is 1.63. The predicted octanol–water partition coefficient (Wildman–Crippen LogP) is 10.2. The number of pyridine rings is 1. The third-order valence-electron chi connectivity index (χ3n) is 8.69. The van der Waals surface area contributed by atoms with E-state index in [0.717, 1.165) is 70.2 Å². The number of imidazole rings is 1.